The summed E-state index contributed by atoms with van der Waals surface area (Å²) < 4.78 is 5.84. The van der Waals surface area contributed by atoms with Crippen LogP contribution in [0.15, 0.2) is 46.4 Å². The minimum absolute atomic E-state index is 0.196. The fraction of sp³-hybridized carbons (Fsp3) is 0.286. The third kappa shape index (κ3) is 4.34. The predicted octanol–water partition coefficient (Wildman–Crippen LogP) is 5.09. The summed E-state index contributed by atoms with van der Waals surface area (Å²) in [6.07, 6.45) is 2.63. The summed E-state index contributed by atoms with van der Waals surface area (Å²) in [5, 5.41) is 3.53. The number of aliphatic imine (C=N–C) groups is 2. The molecule has 0 spiro atoms. The largest absolute Gasteiger partial charge is 0.486 e. The molecule has 2 aromatic rings. The van der Waals surface area contributed by atoms with Crippen molar-refractivity contribution < 1.29 is 9.53 Å². The number of amidine groups is 1. The van der Waals surface area contributed by atoms with Gasteiger partial charge in [0.15, 0.2) is 5.84 Å². The number of benzene rings is 2. The molecule has 0 saturated heterocycles. The molecule has 0 bridgehead atoms. The van der Waals surface area contributed by atoms with Crippen molar-refractivity contribution in [1.29, 1.82) is 0 Å². The maximum atomic E-state index is 12.7. The predicted molar refractivity (Wildman–Crippen MR) is 115 cm³/mol. The molecule has 1 aliphatic rings. The van der Waals surface area contributed by atoms with Crippen molar-refractivity contribution in [2.45, 2.75) is 26.8 Å². The van der Waals surface area contributed by atoms with E-state index in [0.717, 1.165) is 28.9 Å². The van der Waals surface area contributed by atoms with Gasteiger partial charge in [0, 0.05) is 35.6 Å². The van der Waals surface area contributed by atoms with Crippen LogP contribution in [-0.2, 0) is 6.54 Å². The van der Waals surface area contributed by atoms with E-state index in [0.29, 0.717) is 23.2 Å². The number of ether oxygens (including phenoxy) is 1. The van der Waals surface area contributed by atoms with E-state index in [1.165, 1.54) is 0 Å². The first-order valence-corrected chi connectivity index (χ1v) is 9.48. The van der Waals surface area contributed by atoms with Gasteiger partial charge >= 0.3 is 6.03 Å². The van der Waals surface area contributed by atoms with Gasteiger partial charge in [-0.25, -0.2) is 9.79 Å². The van der Waals surface area contributed by atoms with Crippen LogP contribution in [0.2, 0.25) is 5.02 Å². The third-order valence-corrected chi connectivity index (χ3v) is 4.80. The summed E-state index contributed by atoms with van der Waals surface area (Å²) >= 11 is 6.33. The second kappa shape index (κ2) is 8.89. The number of rotatable bonds is 5. The number of aryl methyl sites for hydroxylation is 1. The molecule has 0 radical (unpaired) electrons. The van der Waals surface area contributed by atoms with Gasteiger partial charge in [0.1, 0.15) is 12.4 Å². The molecule has 7 heteroatoms. The van der Waals surface area contributed by atoms with E-state index in [1.54, 1.807) is 18.2 Å². The molecule has 0 aliphatic carbocycles. The Labute approximate surface area is 169 Å². The van der Waals surface area contributed by atoms with Gasteiger partial charge in [0.05, 0.1) is 12.2 Å². The highest BCUT2D eigenvalue weighted by molar-refractivity contribution is 6.32. The normalized spacial score (nSPS) is 14.2. The monoisotopic (exact) mass is 398 g/mol. The number of hydrogen-bond acceptors (Lipinski definition) is 3. The summed E-state index contributed by atoms with van der Waals surface area (Å²) in [7, 11) is 1.69. The van der Waals surface area contributed by atoms with Crippen LogP contribution in [0.3, 0.4) is 0 Å². The first-order valence-electron chi connectivity index (χ1n) is 9.11. The quantitative estimate of drug-likeness (QED) is 0.563. The third-order valence-electron chi connectivity index (χ3n) is 4.44. The van der Waals surface area contributed by atoms with Gasteiger partial charge in [0.2, 0.25) is 0 Å². The first kappa shape index (κ1) is 19.9. The molecule has 0 aromatic heterocycles. The van der Waals surface area contributed by atoms with Gasteiger partial charge in [0.25, 0.3) is 0 Å². The second-order valence-electron chi connectivity index (χ2n) is 6.38. The zero-order chi connectivity index (χ0) is 20.1. The zero-order valence-electron chi connectivity index (χ0n) is 16.2. The fourth-order valence-electron chi connectivity index (χ4n) is 2.92. The molecule has 0 saturated carbocycles. The van der Waals surface area contributed by atoms with Crippen molar-refractivity contribution in [3.05, 3.63) is 52.5 Å². The Morgan fingerprint density at radius 3 is 2.93 bits per heavy atom. The van der Waals surface area contributed by atoms with Gasteiger partial charge in [-0.15, -0.1) is 0 Å². The number of hydrogen-bond donors (Lipinski definition) is 1. The first-order chi connectivity index (χ1) is 13.5. The van der Waals surface area contributed by atoms with Crippen molar-refractivity contribution in [3.63, 3.8) is 0 Å². The van der Waals surface area contributed by atoms with E-state index in [4.69, 9.17) is 16.3 Å². The lowest BCUT2D eigenvalue weighted by molar-refractivity contribution is 0.256. The number of halogens is 1. The van der Waals surface area contributed by atoms with Crippen molar-refractivity contribution >= 4 is 41.1 Å². The van der Waals surface area contributed by atoms with Crippen LogP contribution in [-0.4, -0.2) is 31.7 Å². The van der Waals surface area contributed by atoms with Crippen LogP contribution in [0, 0.1) is 6.92 Å². The van der Waals surface area contributed by atoms with Crippen LogP contribution in [0.4, 0.5) is 16.2 Å². The maximum absolute atomic E-state index is 12.7. The molecule has 0 fully saturated rings. The van der Waals surface area contributed by atoms with Crippen LogP contribution in [0.5, 0.6) is 5.75 Å². The highest BCUT2D eigenvalue weighted by Gasteiger charge is 2.26. The average Bonchev–Trinajstić information content (AvgIpc) is 2.69. The fourth-order valence-corrected chi connectivity index (χ4v) is 3.15. The molecule has 1 heterocycles. The molecular weight excluding hydrogens is 376 g/mol. The lowest BCUT2D eigenvalue weighted by atomic mass is 10.1. The molecule has 1 N–H and O–H groups in total. The molecule has 1 aliphatic heterocycles. The molecule has 2 amide bonds. The van der Waals surface area contributed by atoms with Crippen molar-refractivity contribution in [3.8, 4) is 5.75 Å². The van der Waals surface area contributed by atoms with Crippen LogP contribution in [0.1, 0.15) is 24.5 Å². The number of amides is 2. The van der Waals surface area contributed by atoms with E-state index in [2.05, 4.69) is 15.3 Å². The Hall–Kier alpha value is -2.86. The minimum Gasteiger partial charge on any atom is -0.486 e. The van der Waals surface area contributed by atoms with Crippen LogP contribution < -0.4 is 15.0 Å². The van der Waals surface area contributed by atoms with Gasteiger partial charge in [-0.05, 0) is 37.1 Å². The Morgan fingerprint density at radius 1 is 1.36 bits per heavy atom. The van der Waals surface area contributed by atoms with E-state index >= 15 is 0 Å². The Morgan fingerprint density at radius 2 is 2.18 bits per heavy atom. The van der Waals surface area contributed by atoms with Crippen molar-refractivity contribution in [2.75, 3.05) is 23.9 Å². The van der Waals surface area contributed by atoms with Gasteiger partial charge < -0.3 is 10.1 Å². The van der Waals surface area contributed by atoms with E-state index in [9.17, 15) is 4.79 Å². The average molecular weight is 399 g/mol. The number of nitrogens with one attached hydrogen (secondary N) is 1. The summed E-state index contributed by atoms with van der Waals surface area (Å²) in [6.45, 7) is 4.63. The molecular formula is C21H23ClN4O2. The highest BCUT2D eigenvalue weighted by atomic mass is 35.5. The SMILES string of the molecule is CCC=NC(COc1ccc(C)c(N2Cc3c(Cl)cccc3NC2=O)c1)=NC. The number of carbonyl (C=O) groups excluding carboxylic acids is 1. The van der Waals surface area contributed by atoms with E-state index in [-0.39, 0.29) is 12.6 Å². The molecule has 0 unspecified atom stereocenters. The smallest absolute Gasteiger partial charge is 0.326 e. The molecule has 2 aromatic carbocycles. The molecule has 28 heavy (non-hydrogen) atoms. The van der Waals surface area contributed by atoms with Crippen molar-refractivity contribution in [1.82, 2.24) is 0 Å². The summed E-state index contributed by atoms with van der Waals surface area (Å²) in [6, 6.07) is 11.0. The minimum atomic E-state index is -0.196. The van der Waals surface area contributed by atoms with E-state index < -0.39 is 0 Å². The topological polar surface area (TPSA) is 66.3 Å². The Kier molecular flexibility index (Phi) is 6.31. The Balaban J connectivity index is 1.83. The molecule has 0 atom stereocenters. The number of nitrogens with zero attached hydrogens (tertiary/aromatic N) is 3. The lowest BCUT2D eigenvalue weighted by Crippen LogP contribution is -2.39. The van der Waals surface area contributed by atoms with Gasteiger partial charge in [-0.2, -0.15) is 0 Å². The highest BCUT2D eigenvalue weighted by Crippen LogP contribution is 2.34. The van der Waals surface area contributed by atoms with E-state index in [1.807, 2.05) is 50.2 Å². The number of anilines is 2. The molecule has 6 nitrogen and oxygen atoms in total. The summed E-state index contributed by atoms with van der Waals surface area (Å²) in [5.74, 6) is 1.26. The van der Waals surface area contributed by atoms with Crippen LogP contribution >= 0.6 is 11.6 Å². The summed E-state index contributed by atoms with van der Waals surface area (Å²) in [4.78, 5) is 22.7. The maximum Gasteiger partial charge on any atom is 0.326 e. The summed E-state index contributed by atoms with van der Waals surface area (Å²) in [5.41, 5.74) is 3.37. The number of carbonyl (C=O) groups is 1. The Bertz CT molecular complexity index is 940. The lowest BCUT2D eigenvalue weighted by Gasteiger charge is -2.31. The van der Waals surface area contributed by atoms with Crippen LogP contribution in [0.25, 0.3) is 0 Å². The zero-order valence-corrected chi connectivity index (χ0v) is 17.0. The standard InChI is InChI=1S/C21H23ClN4O2/c1-4-10-24-20(23-3)13-28-15-9-8-14(2)19(11-15)26-12-16-17(22)6-5-7-18(16)25-21(26)27/h5-11H,4,12-13H2,1-3H3,(H,25,27). The molecule has 3 rings (SSSR count). The van der Waals surface area contributed by atoms with Gasteiger partial charge in [-0.3, -0.25) is 9.89 Å². The molecule has 146 valence electrons. The van der Waals surface area contributed by atoms with Crippen molar-refractivity contribution in [2.24, 2.45) is 9.98 Å². The second-order valence-corrected chi connectivity index (χ2v) is 6.79. The van der Waals surface area contributed by atoms with Gasteiger partial charge in [-0.1, -0.05) is 30.7 Å². The number of fused-ring (bicyclic) bond motifs is 1. The number of urea groups is 1.